The summed E-state index contributed by atoms with van der Waals surface area (Å²) in [6, 6.07) is 7.45. The van der Waals surface area contributed by atoms with Crippen molar-refractivity contribution in [1.29, 1.82) is 0 Å². The van der Waals surface area contributed by atoms with E-state index < -0.39 is 30.8 Å². The summed E-state index contributed by atoms with van der Waals surface area (Å²) in [5.74, 6) is 0.748. The molecule has 0 saturated carbocycles. The van der Waals surface area contributed by atoms with Gasteiger partial charge in [-0.25, -0.2) is 15.0 Å². The molecular weight excluding hydrogens is 388 g/mol. The van der Waals surface area contributed by atoms with Gasteiger partial charge in [0.15, 0.2) is 23.3 Å². The van der Waals surface area contributed by atoms with Crippen molar-refractivity contribution in [3.05, 3.63) is 47.6 Å². The molecule has 0 amide bonds. The van der Waals surface area contributed by atoms with Crippen LogP contribution in [0.4, 0.5) is 0 Å². The molecule has 0 aliphatic carbocycles. The van der Waals surface area contributed by atoms with Crippen LogP contribution in [0.2, 0.25) is 5.15 Å². The zero-order chi connectivity index (χ0) is 19.3. The number of imidazole rings is 1. The van der Waals surface area contributed by atoms with Crippen molar-refractivity contribution in [2.24, 2.45) is 0 Å². The van der Waals surface area contributed by atoms with Crippen LogP contribution in [0.1, 0.15) is 18.1 Å². The number of nitrogens with zero attached hydrogens (tertiary/aromatic N) is 4. The van der Waals surface area contributed by atoms with Gasteiger partial charge in [-0.2, -0.15) is 0 Å². The molecule has 1 N–H and O–H groups in total. The highest BCUT2D eigenvalue weighted by Crippen LogP contribution is 2.44. The van der Waals surface area contributed by atoms with E-state index in [4.69, 9.17) is 30.5 Å². The standard InChI is InChI=1S/C18H17ClN4O5/c1-25-10-4-2-9(3-5-10)18-27-13-11(6-24)26-17(14(13)28-18)23-8-22-12-15(19)20-7-21-16(12)23/h2-5,7-8,11,13-14,17-18,24H,6H2,1H3/t11-,13-,14-,17?,18?/m1/s1. The number of aromatic nitrogens is 4. The summed E-state index contributed by atoms with van der Waals surface area (Å²) >= 11 is 6.10. The van der Waals surface area contributed by atoms with Crippen molar-refractivity contribution in [1.82, 2.24) is 19.5 Å². The van der Waals surface area contributed by atoms with Crippen LogP contribution < -0.4 is 4.74 Å². The number of hydrogen-bond acceptors (Lipinski definition) is 8. The summed E-state index contributed by atoms with van der Waals surface area (Å²) in [5.41, 5.74) is 1.85. The van der Waals surface area contributed by atoms with E-state index in [0.29, 0.717) is 11.2 Å². The molecule has 28 heavy (non-hydrogen) atoms. The molecule has 10 heteroatoms. The Kier molecular flexibility index (Phi) is 4.41. The summed E-state index contributed by atoms with van der Waals surface area (Å²) in [5, 5.41) is 10.0. The van der Waals surface area contributed by atoms with Gasteiger partial charge >= 0.3 is 0 Å². The van der Waals surface area contributed by atoms with E-state index in [9.17, 15) is 5.11 Å². The fourth-order valence-corrected chi connectivity index (χ4v) is 3.81. The van der Waals surface area contributed by atoms with E-state index >= 15 is 0 Å². The van der Waals surface area contributed by atoms with Gasteiger partial charge in [0.1, 0.15) is 35.9 Å². The molecule has 0 radical (unpaired) electrons. The molecule has 4 heterocycles. The van der Waals surface area contributed by atoms with E-state index in [1.54, 1.807) is 18.0 Å². The Bertz CT molecular complexity index is 997. The van der Waals surface area contributed by atoms with Crippen LogP contribution in [-0.2, 0) is 14.2 Å². The average Bonchev–Trinajstić information content (AvgIpc) is 3.42. The lowest BCUT2D eigenvalue weighted by Gasteiger charge is -2.20. The Labute approximate surface area is 164 Å². The van der Waals surface area contributed by atoms with Gasteiger partial charge in [-0.3, -0.25) is 4.57 Å². The van der Waals surface area contributed by atoms with Gasteiger partial charge in [0, 0.05) is 5.56 Å². The summed E-state index contributed by atoms with van der Waals surface area (Å²) in [6.45, 7) is -0.196. The molecule has 9 nitrogen and oxygen atoms in total. The first-order valence-electron chi connectivity index (χ1n) is 8.74. The van der Waals surface area contributed by atoms with Gasteiger partial charge in [-0.05, 0) is 12.1 Å². The fraction of sp³-hybridized carbons (Fsp3) is 0.389. The van der Waals surface area contributed by atoms with Crippen molar-refractivity contribution >= 4 is 22.8 Å². The number of fused-ring (bicyclic) bond motifs is 2. The highest BCUT2D eigenvalue weighted by molar-refractivity contribution is 6.33. The third-order valence-electron chi connectivity index (χ3n) is 5.00. The van der Waals surface area contributed by atoms with Crippen LogP contribution in [0, 0.1) is 0 Å². The third kappa shape index (κ3) is 2.75. The van der Waals surface area contributed by atoms with Crippen LogP contribution in [-0.4, -0.2) is 56.7 Å². The Hall–Kier alpha value is -2.30. The molecule has 2 fully saturated rings. The average molecular weight is 405 g/mol. The van der Waals surface area contributed by atoms with Gasteiger partial charge < -0.3 is 24.1 Å². The first-order chi connectivity index (χ1) is 13.7. The second kappa shape index (κ2) is 6.94. The van der Waals surface area contributed by atoms with Gasteiger partial charge in [0.05, 0.1) is 20.0 Å². The van der Waals surface area contributed by atoms with Gasteiger partial charge in [-0.15, -0.1) is 0 Å². The molecule has 5 rings (SSSR count). The van der Waals surface area contributed by atoms with Gasteiger partial charge in [0.25, 0.3) is 0 Å². The maximum Gasteiger partial charge on any atom is 0.185 e. The molecule has 2 saturated heterocycles. The molecule has 0 bridgehead atoms. The zero-order valence-corrected chi connectivity index (χ0v) is 15.6. The number of methoxy groups -OCH3 is 1. The van der Waals surface area contributed by atoms with E-state index in [1.165, 1.54) is 6.33 Å². The minimum atomic E-state index is -0.575. The van der Waals surface area contributed by atoms with Crippen LogP contribution >= 0.6 is 11.6 Å². The minimum Gasteiger partial charge on any atom is -0.497 e. The number of aliphatic hydroxyl groups excluding tert-OH is 1. The molecule has 5 atom stereocenters. The second-order valence-corrected chi connectivity index (χ2v) is 6.90. The summed E-state index contributed by atoms with van der Waals surface area (Å²) in [4.78, 5) is 12.5. The van der Waals surface area contributed by atoms with Crippen LogP contribution in [0.15, 0.2) is 36.9 Å². The maximum atomic E-state index is 9.76. The monoisotopic (exact) mass is 404 g/mol. The summed E-state index contributed by atoms with van der Waals surface area (Å²) < 4.78 is 25.2. The lowest BCUT2D eigenvalue weighted by Crippen LogP contribution is -2.30. The number of halogens is 1. The van der Waals surface area contributed by atoms with E-state index in [0.717, 1.165) is 11.3 Å². The molecular formula is C18H17ClN4O5. The number of rotatable bonds is 4. The van der Waals surface area contributed by atoms with E-state index in [2.05, 4.69) is 15.0 Å². The Morgan fingerprint density at radius 2 is 1.89 bits per heavy atom. The topological polar surface area (TPSA) is 101 Å². The lowest BCUT2D eigenvalue weighted by molar-refractivity contribution is -0.153. The number of ether oxygens (including phenoxy) is 4. The highest BCUT2D eigenvalue weighted by Gasteiger charge is 2.53. The van der Waals surface area contributed by atoms with Gasteiger partial charge in [-0.1, -0.05) is 23.7 Å². The quantitative estimate of drug-likeness (QED) is 0.657. The van der Waals surface area contributed by atoms with Gasteiger partial charge in [0.2, 0.25) is 0 Å². The molecule has 0 spiro atoms. The number of hydrogen-bond donors (Lipinski definition) is 1. The predicted molar refractivity (Wildman–Crippen MR) is 96.8 cm³/mol. The van der Waals surface area contributed by atoms with Crippen molar-refractivity contribution in [2.75, 3.05) is 13.7 Å². The van der Waals surface area contributed by atoms with E-state index in [-0.39, 0.29) is 11.8 Å². The van der Waals surface area contributed by atoms with E-state index in [1.807, 2.05) is 24.3 Å². The van der Waals surface area contributed by atoms with Crippen LogP contribution in [0.25, 0.3) is 11.2 Å². The largest absolute Gasteiger partial charge is 0.497 e. The lowest BCUT2D eigenvalue weighted by atomic mass is 10.1. The first-order valence-corrected chi connectivity index (χ1v) is 9.11. The molecule has 2 aliphatic heterocycles. The Balaban J connectivity index is 1.46. The normalized spacial score (nSPS) is 29.3. The van der Waals surface area contributed by atoms with Crippen LogP contribution in [0.5, 0.6) is 5.75 Å². The fourth-order valence-electron chi connectivity index (χ4n) is 3.63. The maximum absolute atomic E-state index is 9.76. The smallest absolute Gasteiger partial charge is 0.185 e. The molecule has 2 aliphatic rings. The molecule has 2 aromatic heterocycles. The summed E-state index contributed by atoms with van der Waals surface area (Å²) in [6.07, 6.45) is 0.387. The third-order valence-corrected chi connectivity index (χ3v) is 5.28. The summed E-state index contributed by atoms with van der Waals surface area (Å²) in [7, 11) is 1.61. The minimum absolute atomic E-state index is 0.196. The van der Waals surface area contributed by atoms with Crippen LogP contribution in [0.3, 0.4) is 0 Å². The Morgan fingerprint density at radius 1 is 1.11 bits per heavy atom. The second-order valence-electron chi connectivity index (χ2n) is 6.54. The first kappa shape index (κ1) is 17.8. The highest BCUT2D eigenvalue weighted by atomic mass is 35.5. The predicted octanol–water partition coefficient (Wildman–Crippen LogP) is 1.86. The molecule has 1 aromatic carbocycles. The number of benzene rings is 1. The zero-order valence-electron chi connectivity index (χ0n) is 14.8. The molecule has 146 valence electrons. The number of aliphatic hydroxyl groups is 1. The van der Waals surface area contributed by atoms with Crippen molar-refractivity contribution in [2.45, 2.75) is 30.8 Å². The van der Waals surface area contributed by atoms with Crippen molar-refractivity contribution < 1.29 is 24.1 Å². The SMILES string of the molecule is COc1ccc(C2O[C@@H]3[C@@H](CO)OC(n4cnc5c(Cl)ncnc54)[C@@H]3O2)cc1. The van der Waals surface area contributed by atoms with Crippen molar-refractivity contribution in [3.63, 3.8) is 0 Å². The Morgan fingerprint density at radius 3 is 2.64 bits per heavy atom. The molecule has 3 aromatic rings. The molecule has 2 unspecified atom stereocenters. The van der Waals surface area contributed by atoms with Crippen molar-refractivity contribution in [3.8, 4) is 5.75 Å².